The van der Waals surface area contributed by atoms with Crippen molar-refractivity contribution in [1.29, 1.82) is 0 Å². The largest absolute Gasteiger partial charge is 0.0991 e. The Morgan fingerprint density at radius 1 is 1.04 bits per heavy atom. The molecule has 0 aliphatic carbocycles. The van der Waals surface area contributed by atoms with Crippen molar-refractivity contribution in [3.63, 3.8) is 0 Å². The Morgan fingerprint density at radius 2 is 1.60 bits per heavy atom. The predicted octanol–water partition coefficient (Wildman–Crippen LogP) is 8.25. The van der Waals surface area contributed by atoms with Gasteiger partial charge in [0.25, 0.3) is 0 Å². The number of benzene rings is 1. The van der Waals surface area contributed by atoms with Crippen molar-refractivity contribution in [1.82, 2.24) is 0 Å². The molecule has 0 aliphatic rings. The summed E-state index contributed by atoms with van der Waals surface area (Å²) in [6, 6.07) is 8.88. The second-order valence-electron chi connectivity index (χ2n) is 5.83. The lowest BCUT2D eigenvalue weighted by Gasteiger charge is -2.12. The van der Waals surface area contributed by atoms with Crippen LogP contribution in [0.5, 0.6) is 0 Å². The van der Waals surface area contributed by atoms with Gasteiger partial charge in [-0.1, -0.05) is 93.6 Å². The van der Waals surface area contributed by atoms with Crippen LogP contribution in [0.15, 0.2) is 72.9 Å². The second kappa shape index (κ2) is 18.5. The van der Waals surface area contributed by atoms with E-state index >= 15 is 0 Å². The van der Waals surface area contributed by atoms with Crippen LogP contribution >= 0.6 is 0 Å². The van der Waals surface area contributed by atoms with Gasteiger partial charge in [-0.2, -0.15) is 0 Å². The van der Waals surface area contributed by atoms with Gasteiger partial charge in [0.15, 0.2) is 0 Å². The predicted molar refractivity (Wildman–Crippen MR) is 118 cm³/mol. The molecule has 1 aromatic carbocycles. The lowest BCUT2D eigenvalue weighted by molar-refractivity contribution is 0.587. The van der Waals surface area contributed by atoms with Gasteiger partial charge in [0.2, 0.25) is 0 Å². The molecule has 0 saturated heterocycles. The Kier molecular flexibility index (Phi) is 18.8. The zero-order valence-electron chi connectivity index (χ0n) is 17.7. The summed E-state index contributed by atoms with van der Waals surface area (Å²) < 4.78 is 0. The topological polar surface area (TPSA) is 0 Å². The molecule has 25 heavy (non-hydrogen) atoms. The molecular weight excluding hydrogens is 300 g/mol. The smallest absolute Gasteiger partial charge is 0.0194 e. The Balaban J connectivity index is 0. The van der Waals surface area contributed by atoms with Crippen molar-refractivity contribution in [2.45, 2.75) is 67.7 Å². The summed E-state index contributed by atoms with van der Waals surface area (Å²) in [5.41, 5.74) is 4.19. The molecule has 1 unspecified atom stereocenters. The van der Waals surface area contributed by atoms with Crippen LogP contribution in [0.3, 0.4) is 0 Å². The van der Waals surface area contributed by atoms with Crippen molar-refractivity contribution < 1.29 is 0 Å². The van der Waals surface area contributed by atoms with E-state index < -0.39 is 0 Å². The molecule has 0 amide bonds. The fraction of sp³-hybridized carbons (Fsp3) is 0.440. The highest BCUT2D eigenvalue weighted by molar-refractivity contribution is 5.24. The Labute approximate surface area is 158 Å². The lowest BCUT2D eigenvalue weighted by atomic mass is 9.93. The number of rotatable bonds is 7. The standard InChI is InChI=1S/C19H26.C4H8.C2H6/c1-5-7-11-19(6-2)17(4)9-8-10-18-14-12-16(3)13-15-18;1-3-4-2;1-2/h5-7,11-15,17H,1,8-10H2,2-4H3;3-4H,1-2H3;1-2H3/b11-7-,19-6+;4-3-;. The van der Waals surface area contributed by atoms with Crippen LogP contribution in [0, 0.1) is 12.8 Å². The maximum atomic E-state index is 3.72. The first-order valence-corrected chi connectivity index (χ1v) is 9.67. The molecule has 0 N–H and O–H groups in total. The van der Waals surface area contributed by atoms with E-state index in [2.05, 4.69) is 63.8 Å². The molecule has 0 saturated carbocycles. The van der Waals surface area contributed by atoms with Gasteiger partial charge in [-0.05, 0) is 64.0 Å². The van der Waals surface area contributed by atoms with E-state index in [1.165, 1.54) is 36.0 Å². The monoisotopic (exact) mass is 340 g/mol. The van der Waals surface area contributed by atoms with Gasteiger partial charge in [-0.15, -0.1) is 0 Å². The van der Waals surface area contributed by atoms with Gasteiger partial charge in [0.1, 0.15) is 0 Å². The molecule has 1 rings (SSSR count). The Morgan fingerprint density at radius 3 is 2.04 bits per heavy atom. The number of hydrogen-bond acceptors (Lipinski definition) is 0. The Hall–Kier alpha value is -1.82. The summed E-state index contributed by atoms with van der Waals surface area (Å²) in [5, 5.41) is 0. The average molecular weight is 341 g/mol. The minimum atomic E-state index is 0.617. The van der Waals surface area contributed by atoms with Crippen molar-refractivity contribution in [3.8, 4) is 0 Å². The van der Waals surface area contributed by atoms with Crippen LogP contribution in [0.2, 0.25) is 0 Å². The second-order valence-corrected chi connectivity index (χ2v) is 5.83. The summed E-state index contributed by atoms with van der Waals surface area (Å²) in [6.45, 7) is 18.3. The van der Waals surface area contributed by atoms with E-state index in [-0.39, 0.29) is 0 Å². The van der Waals surface area contributed by atoms with E-state index in [0.717, 1.165) is 0 Å². The van der Waals surface area contributed by atoms with E-state index in [0.29, 0.717) is 5.92 Å². The highest BCUT2D eigenvalue weighted by Crippen LogP contribution is 2.19. The summed E-state index contributed by atoms with van der Waals surface area (Å²) in [7, 11) is 0. The molecule has 0 spiro atoms. The average Bonchev–Trinajstić information content (AvgIpc) is 2.66. The molecule has 0 fully saturated rings. The van der Waals surface area contributed by atoms with E-state index in [1.807, 2.05) is 52.0 Å². The van der Waals surface area contributed by atoms with Gasteiger partial charge in [0.05, 0.1) is 0 Å². The Bertz CT molecular complexity index is 493. The van der Waals surface area contributed by atoms with Crippen LogP contribution in [-0.2, 0) is 6.42 Å². The maximum absolute atomic E-state index is 3.72. The molecule has 0 bridgehead atoms. The third-order valence-corrected chi connectivity index (χ3v) is 3.88. The van der Waals surface area contributed by atoms with Crippen LogP contribution < -0.4 is 0 Å². The fourth-order valence-corrected chi connectivity index (χ4v) is 2.26. The van der Waals surface area contributed by atoms with Crippen molar-refractivity contribution in [3.05, 3.63) is 84.0 Å². The molecular formula is C25H40. The maximum Gasteiger partial charge on any atom is -0.0194 e. The molecule has 0 aliphatic heterocycles. The minimum absolute atomic E-state index is 0.617. The van der Waals surface area contributed by atoms with Gasteiger partial charge in [0, 0.05) is 0 Å². The fourth-order valence-electron chi connectivity index (χ4n) is 2.26. The third-order valence-electron chi connectivity index (χ3n) is 3.88. The van der Waals surface area contributed by atoms with Crippen molar-refractivity contribution >= 4 is 0 Å². The molecule has 0 heteroatoms. The quantitative estimate of drug-likeness (QED) is 0.346. The van der Waals surface area contributed by atoms with Crippen LogP contribution in [0.25, 0.3) is 0 Å². The normalized spacial score (nSPS) is 12.2. The van der Waals surface area contributed by atoms with Gasteiger partial charge >= 0.3 is 0 Å². The number of allylic oxidation sites excluding steroid dienone is 7. The molecule has 1 aromatic rings. The highest BCUT2D eigenvalue weighted by atomic mass is 14.1. The summed E-state index contributed by atoms with van der Waals surface area (Å²) >= 11 is 0. The zero-order chi connectivity index (χ0) is 19.5. The summed E-state index contributed by atoms with van der Waals surface area (Å²) in [4.78, 5) is 0. The van der Waals surface area contributed by atoms with Gasteiger partial charge in [-0.3, -0.25) is 0 Å². The van der Waals surface area contributed by atoms with Crippen molar-refractivity contribution in [2.24, 2.45) is 5.92 Å². The van der Waals surface area contributed by atoms with Crippen LogP contribution in [0.4, 0.5) is 0 Å². The van der Waals surface area contributed by atoms with Gasteiger partial charge in [-0.25, -0.2) is 0 Å². The summed E-state index contributed by atoms with van der Waals surface area (Å²) in [6.07, 6.45) is 15.9. The first-order chi connectivity index (χ1) is 12.1. The van der Waals surface area contributed by atoms with Crippen LogP contribution in [-0.4, -0.2) is 0 Å². The molecule has 0 aromatic heterocycles. The zero-order valence-corrected chi connectivity index (χ0v) is 17.7. The van der Waals surface area contributed by atoms with E-state index in [9.17, 15) is 0 Å². The molecule has 0 nitrogen and oxygen atoms in total. The van der Waals surface area contributed by atoms with Crippen molar-refractivity contribution in [2.75, 3.05) is 0 Å². The van der Waals surface area contributed by atoms with Crippen LogP contribution in [0.1, 0.15) is 65.5 Å². The molecule has 0 heterocycles. The number of hydrogen-bond donors (Lipinski definition) is 0. The number of aryl methyl sites for hydroxylation is 2. The first kappa shape index (κ1) is 25.4. The SMILES string of the molecule is C/C=C\C.C=C/C=C\C(=C/C)C(C)CCCc1ccc(C)cc1.CC. The van der Waals surface area contributed by atoms with Gasteiger partial charge < -0.3 is 0 Å². The molecule has 140 valence electrons. The molecule has 0 radical (unpaired) electrons. The highest BCUT2D eigenvalue weighted by Gasteiger charge is 2.05. The molecule has 1 atom stereocenters. The van der Waals surface area contributed by atoms with E-state index in [4.69, 9.17) is 0 Å². The van der Waals surface area contributed by atoms with E-state index in [1.54, 1.807) is 0 Å². The minimum Gasteiger partial charge on any atom is -0.0991 e. The summed E-state index contributed by atoms with van der Waals surface area (Å²) in [5.74, 6) is 0.617. The first-order valence-electron chi connectivity index (χ1n) is 9.67. The lowest BCUT2D eigenvalue weighted by Crippen LogP contribution is -1.98. The third kappa shape index (κ3) is 14.2.